The van der Waals surface area contributed by atoms with Crippen molar-refractivity contribution >= 4 is 23.2 Å². The molecule has 26 heavy (non-hydrogen) atoms. The Morgan fingerprint density at radius 1 is 1.12 bits per heavy atom. The first-order valence-electron chi connectivity index (χ1n) is 7.74. The van der Waals surface area contributed by atoms with E-state index in [0.29, 0.717) is 11.3 Å². The summed E-state index contributed by atoms with van der Waals surface area (Å²) in [6, 6.07) is 13.8. The van der Waals surface area contributed by atoms with Crippen molar-refractivity contribution in [1.82, 2.24) is 15.1 Å². The van der Waals surface area contributed by atoms with Crippen molar-refractivity contribution < 1.29 is 14.7 Å². The summed E-state index contributed by atoms with van der Waals surface area (Å²) in [6.07, 6.45) is 0. The summed E-state index contributed by atoms with van der Waals surface area (Å²) in [6.45, 7) is -0.366. The number of rotatable bonds is 6. The third kappa shape index (κ3) is 4.04. The summed E-state index contributed by atoms with van der Waals surface area (Å²) in [5.74, 6) is -1.80. The number of carboxylic acids is 1. The third-order valence-corrected chi connectivity index (χ3v) is 4.51. The standard InChI is InChI=1S/C18H15N3O4S/c22-15(19-17(18(24)25)12-5-2-1-3-6-12)11-21-16(23)9-8-13(20-21)14-7-4-10-26-14/h1-10,17H,11H2,(H,19,22)(H,24,25)/t17-/m0/s1. The van der Waals surface area contributed by atoms with Gasteiger partial charge in [0.05, 0.1) is 4.88 Å². The predicted octanol–water partition coefficient (Wildman–Crippen LogP) is 1.91. The first-order valence-corrected chi connectivity index (χ1v) is 8.62. The van der Waals surface area contributed by atoms with Gasteiger partial charge >= 0.3 is 5.97 Å². The van der Waals surface area contributed by atoms with Crippen LogP contribution in [0.15, 0.2) is 64.8 Å². The number of aliphatic carboxylic acids is 1. The van der Waals surface area contributed by atoms with Crippen LogP contribution in [-0.2, 0) is 16.1 Å². The Hall–Kier alpha value is -3.26. The number of benzene rings is 1. The van der Waals surface area contributed by atoms with Crippen molar-refractivity contribution in [3.05, 3.63) is 75.9 Å². The lowest BCUT2D eigenvalue weighted by atomic mass is 10.1. The molecule has 0 saturated carbocycles. The lowest BCUT2D eigenvalue weighted by molar-refractivity contribution is -0.142. The summed E-state index contributed by atoms with van der Waals surface area (Å²) in [7, 11) is 0. The third-order valence-electron chi connectivity index (χ3n) is 3.62. The molecule has 0 bridgehead atoms. The van der Waals surface area contributed by atoms with Gasteiger partial charge in [-0.15, -0.1) is 11.3 Å². The van der Waals surface area contributed by atoms with E-state index in [0.717, 1.165) is 9.56 Å². The molecule has 0 unspecified atom stereocenters. The molecule has 3 aromatic rings. The fourth-order valence-corrected chi connectivity index (χ4v) is 3.08. The van der Waals surface area contributed by atoms with E-state index in [1.54, 1.807) is 36.4 Å². The first kappa shape index (κ1) is 17.6. The highest BCUT2D eigenvalue weighted by Crippen LogP contribution is 2.21. The van der Waals surface area contributed by atoms with Crippen LogP contribution in [0.1, 0.15) is 11.6 Å². The number of nitrogens with one attached hydrogen (secondary N) is 1. The van der Waals surface area contributed by atoms with E-state index in [9.17, 15) is 19.5 Å². The van der Waals surface area contributed by atoms with Gasteiger partial charge in [0.1, 0.15) is 12.2 Å². The van der Waals surface area contributed by atoms with Crippen LogP contribution in [-0.4, -0.2) is 26.8 Å². The SMILES string of the molecule is O=C(Cn1nc(-c2cccs2)ccc1=O)N[C@H](C(=O)O)c1ccccc1. The Morgan fingerprint density at radius 3 is 2.54 bits per heavy atom. The molecule has 0 aliphatic rings. The van der Waals surface area contributed by atoms with Gasteiger partial charge in [-0.25, -0.2) is 9.48 Å². The highest BCUT2D eigenvalue weighted by Gasteiger charge is 2.22. The van der Waals surface area contributed by atoms with Crippen LogP contribution < -0.4 is 10.9 Å². The van der Waals surface area contributed by atoms with Crippen molar-refractivity contribution in [1.29, 1.82) is 0 Å². The van der Waals surface area contributed by atoms with E-state index in [1.165, 1.54) is 17.4 Å². The lowest BCUT2D eigenvalue weighted by Gasteiger charge is -2.15. The quantitative estimate of drug-likeness (QED) is 0.691. The van der Waals surface area contributed by atoms with E-state index in [-0.39, 0.29) is 6.54 Å². The summed E-state index contributed by atoms with van der Waals surface area (Å²) in [5, 5.41) is 17.9. The molecule has 1 amide bonds. The van der Waals surface area contributed by atoms with Crippen LogP contribution in [0.2, 0.25) is 0 Å². The summed E-state index contributed by atoms with van der Waals surface area (Å²) in [4.78, 5) is 36.6. The fourth-order valence-electron chi connectivity index (χ4n) is 2.39. The van der Waals surface area contributed by atoms with Gasteiger partial charge in [0, 0.05) is 6.07 Å². The lowest BCUT2D eigenvalue weighted by Crippen LogP contribution is -2.38. The van der Waals surface area contributed by atoms with Crippen molar-refractivity contribution in [2.75, 3.05) is 0 Å². The van der Waals surface area contributed by atoms with Gasteiger partial charge in [-0.1, -0.05) is 36.4 Å². The maximum Gasteiger partial charge on any atom is 0.330 e. The molecule has 3 rings (SSSR count). The molecule has 7 nitrogen and oxygen atoms in total. The van der Waals surface area contributed by atoms with Gasteiger partial charge in [0.2, 0.25) is 5.91 Å². The molecule has 0 radical (unpaired) electrons. The average molecular weight is 369 g/mol. The number of amides is 1. The fraction of sp³-hybridized carbons (Fsp3) is 0.111. The molecule has 0 fully saturated rings. The second kappa shape index (κ2) is 7.75. The van der Waals surface area contributed by atoms with E-state index in [4.69, 9.17) is 0 Å². The summed E-state index contributed by atoms with van der Waals surface area (Å²) >= 11 is 1.47. The number of thiophene rings is 1. The minimum atomic E-state index is -1.19. The van der Waals surface area contributed by atoms with Gasteiger partial charge in [-0.2, -0.15) is 5.10 Å². The van der Waals surface area contributed by atoms with Crippen molar-refractivity contribution in [3.63, 3.8) is 0 Å². The number of carbonyl (C=O) groups excluding carboxylic acids is 1. The molecule has 132 valence electrons. The Balaban J connectivity index is 1.78. The topological polar surface area (TPSA) is 101 Å². The maximum atomic E-state index is 12.3. The zero-order chi connectivity index (χ0) is 18.5. The summed E-state index contributed by atoms with van der Waals surface area (Å²) < 4.78 is 1.02. The maximum absolute atomic E-state index is 12.3. The van der Waals surface area contributed by atoms with Gasteiger partial charge in [-0.05, 0) is 23.1 Å². The zero-order valence-electron chi connectivity index (χ0n) is 13.5. The van der Waals surface area contributed by atoms with Crippen molar-refractivity contribution in [2.24, 2.45) is 0 Å². The van der Waals surface area contributed by atoms with E-state index >= 15 is 0 Å². The van der Waals surface area contributed by atoms with Crippen LogP contribution in [0.5, 0.6) is 0 Å². The van der Waals surface area contributed by atoms with E-state index in [1.807, 2.05) is 17.5 Å². The van der Waals surface area contributed by atoms with E-state index < -0.39 is 23.5 Å². The molecule has 0 aliphatic heterocycles. The van der Waals surface area contributed by atoms with Crippen LogP contribution in [0, 0.1) is 0 Å². The number of carbonyl (C=O) groups is 2. The molecule has 2 aromatic heterocycles. The molecule has 2 N–H and O–H groups in total. The minimum absolute atomic E-state index is 0.366. The van der Waals surface area contributed by atoms with Gasteiger partial charge in [0.25, 0.3) is 5.56 Å². The van der Waals surface area contributed by atoms with Gasteiger partial charge < -0.3 is 10.4 Å². The second-order valence-corrected chi connectivity index (χ2v) is 6.39. The van der Waals surface area contributed by atoms with Crippen LogP contribution in [0.3, 0.4) is 0 Å². The van der Waals surface area contributed by atoms with Gasteiger partial charge in [-0.3, -0.25) is 9.59 Å². The normalized spacial score (nSPS) is 11.7. The Morgan fingerprint density at radius 2 is 1.88 bits per heavy atom. The molecular weight excluding hydrogens is 354 g/mol. The number of carboxylic acid groups (broad SMARTS) is 1. The van der Waals surface area contributed by atoms with Crippen LogP contribution in [0.4, 0.5) is 0 Å². The second-order valence-electron chi connectivity index (χ2n) is 5.44. The molecule has 2 heterocycles. The largest absolute Gasteiger partial charge is 0.479 e. The highest BCUT2D eigenvalue weighted by molar-refractivity contribution is 7.13. The summed E-state index contributed by atoms with van der Waals surface area (Å²) in [5.41, 5.74) is 0.582. The van der Waals surface area contributed by atoms with E-state index in [2.05, 4.69) is 10.4 Å². The van der Waals surface area contributed by atoms with Crippen LogP contribution in [0.25, 0.3) is 10.6 Å². The average Bonchev–Trinajstić information content (AvgIpc) is 3.17. The number of nitrogens with zero attached hydrogens (tertiary/aromatic N) is 2. The van der Waals surface area contributed by atoms with Crippen LogP contribution >= 0.6 is 11.3 Å². The molecule has 1 atom stereocenters. The van der Waals surface area contributed by atoms with Crippen molar-refractivity contribution in [3.8, 4) is 10.6 Å². The molecular formula is C18H15N3O4S. The Kier molecular flexibility index (Phi) is 5.23. The molecule has 0 aliphatic carbocycles. The minimum Gasteiger partial charge on any atom is -0.479 e. The molecule has 0 spiro atoms. The predicted molar refractivity (Wildman–Crippen MR) is 96.8 cm³/mol. The Labute approximate surface area is 152 Å². The van der Waals surface area contributed by atoms with Gasteiger partial charge in [0.15, 0.2) is 6.04 Å². The van der Waals surface area contributed by atoms with Crippen molar-refractivity contribution in [2.45, 2.75) is 12.6 Å². The molecule has 0 saturated heterocycles. The molecule has 8 heteroatoms. The Bertz CT molecular complexity index is 968. The first-order chi connectivity index (χ1) is 12.5. The zero-order valence-corrected chi connectivity index (χ0v) is 14.3. The smallest absolute Gasteiger partial charge is 0.330 e. The monoisotopic (exact) mass is 369 g/mol. The number of hydrogen-bond donors (Lipinski definition) is 2. The molecule has 1 aromatic carbocycles. The highest BCUT2D eigenvalue weighted by atomic mass is 32.1. The number of hydrogen-bond acceptors (Lipinski definition) is 5. The number of aromatic nitrogens is 2.